The molecule has 1 atom stereocenters. The van der Waals surface area contributed by atoms with E-state index in [2.05, 4.69) is 25.1 Å². The Morgan fingerprint density at radius 3 is 2.59 bits per heavy atom. The second kappa shape index (κ2) is 7.49. The van der Waals surface area contributed by atoms with Gasteiger partial charge in [0, 0.05) is 40.2 Å². The van der Waals surface area contributed by atoms with Gasteiger partial charge in [0.25, 0.3) is 0 Å². The zero-order chi connectivity index (χ0) is 16.1. The molecule has 0 aromatic heterocycles. The highest BCUT2D eigenvalue weighted by atomic mass is 16.5. The lowest BCUT2D eigenvalue weighted by atomic mass is 10.1. The van der Waals surface area contributed by atoms with Gasteiger partial charge < -0.3 is 19.3 Å². The van der Waals surface area contributed by atoms with Gasteiger partial charge in [-0.2, -0.15) is 0 Å². The van der Waals surface area contributed by atoms with E-state index in [4.69, 9.17) is 14.5 Å². The molecule has 1 aromatic rings. The normalized spacial score (nSPS) is 17.2. The van der Waals surface area contributed by atoms with Crippen molar-refractivity contribution in [3.8, 4) is 5.75 Å². The second-order valence-electron chi connectivity index (χ2n) is 6.12. The summed E-state index contributed by atoms with van der Waals surface area (Å²) in [6.45, 7) is 4.15. The molecule has 5 nitrogen and oxygen atoms in total. The fourth-order valence-corrected chi connectivity index (χ4v) is 2.53. The van der Waals surface area contributed by atoms with Crippen molar-refractivity contribution in [1.29, 1.82) is 0 Å². The van der Waals surface area contributed by atoms with Gasteiger partial charge >= 0.3 is 0 Å². The van der Waals surface area contributed by atoms with E-state index in [0.29, 0.717) is 13.2 Å². The molecule has 1 saturated heterocycles. The quantitative estimate of drug-likeness (QED) is 0.631. The molecule has 0 amide bonds. The first-order valence-electron chi connectivity index (χ1n) is 7.70. The zero-order valence-corrected chi connectivity index (χ0v) is 14.3. The van der Waals surface area contributed by atoms with Crippen molar-refractivity contribution < 1.29 is 9.47 Å². The van der Waals surface area contributed by atoms with E-state index in [1.807, 2.05) is 38.0 Å². The molecular formula is C17H27N3O2. The Bertz CT molecular complexity index is 511. The maximum Gasteiger partial charge on any atom is 0.195 e. The summed E-state index contributed by atoms with van der Waals surface area (Å²) in [5.74, 6) is 1.87. The Hall–Kier alpha value is -1.75. The number of aryl methyl sites for hydroxylation is 1. The summed E-state index contributed by atoms with van der Waals surface area (Å²) in [6, 6.07) is 6.30. The van der Waals surface area contributed by atoms with Gasteiger partial charge in [-0.05, 0) is 18.6 Å². The molecular weight excluding hydrogens is 278 g/mol. The highest BCUT2D eigenvalue weighted by Crippen LogP contribution is 2.24. The van der Waals surface area contributed by atoms with Crippen LogP contribution in [0.3, 0.4) is 0 Å². The number of hydrogen-bond donors (Lipinski definition) is 0. The molecule has 0 aliphatic carbocycles. The SMILES string of the molecule is Cc1ccc(CN=C(N(C)C)N(C)C)c(O[C@H]2CCOC2)c1. The summed E-state index contributed by atoms with van der Waals surface area (Å²) in [7, 11) is 8.00. The molecule has 1 fully saturated rings. The molecule has 0 radical (unpaired) electrons. The maximum absolute atomic E-state index is 6.12. The number of aliphatic imine (C=N–C) groups is 1. The standard InChI is InChI=1S/C17H27N3O2/c1-13-6-7-14(11-18-17(19(2)3)20(4)5)16(10-13)22-15-8-9-21-12-15/h6-7,10,15H,8-9,11-12H2,1-5H3/t15-/m0/s1. The maximum atomic E-state index is 6.12. The first-order valence-corrected chi connectivity index (χ1v) is 7.70. The Morgan fingerprint density at radius 2 is 2.00 bits per heavy atom. The van der Waals surface area contributed by atoms with Crippen molar-refractivity contribution in [1.82, 2.24) is 9.80 Å². The van der Waals surface area contributed by atoms with E-state index in [9.17, 15) is 0 Å². The Balaban J connectivity index is 2.17. The van der Waals surface area contributed by atoms with Crippen LogP contribution in [-0.2, 0) is 11.3 Å². The number of ether oxygens (including phenoxy) is 2. The van der Waals surface area contributed by atoms with Gasteiger partial charge in [-0.3, -0.25) is 0 Å². The van der Waals surface area contributed by atoms with Crippen LogP contribution >= 0.6 is 0 Å². The zero-order valence-electron chi connectivity index (χ0n) is 14.3. The number of hydrogen-bond acceptors (Lipinski definition) is 3. The fourth-order valence-electron chi connectivity index (χ4n) is 2.53. The average molecular weight is 305 g/mol. The molecule has 1 aliphatic heterocycles. The van der Waals surface area contributed by atoms with Crippen molar-refractivity contribution >= 4 is 5.96 Å². The van der Waals surface area contributed by atoms with E-state index >= 15 is 0 Å². The molecule has 1 aromatic carbocycles. The molecule has 0 unspecified atom stereocenters. The summed E-state index contributed by atoms with van der Waals surface area (Å²) < 4.78 is 11.5. The van der Waals surface area contributed by atoms with Crippen LogP contribution in [0.25, 0.3) is 0 Å². The first kappa shape index (κ1) is 16.6. The molecule has 1 heterocycles. The highest BCUT2D eigenvalue weighted by molar-refractivity contribution is 5.79. The van der Waals surface area contributed by atoms with Crippen LogP contribution in [0.2, 0.25) is 0 Å². The minimum absolute atomic E-state index is 0.159. The number of rotatable bonds is 4. The summed E-state index contributed by atoms with van der Waals surface area (Å²) in [5, 5.41) is 0. The van der Waals surface area contributed by atoms with Gasteiger partial charge in [-0.15, -0.1) is 0 Å². The topological polar surface area (TPSA) is 37.3 Å². The van der Waals surface area contributed by atoms with Crippen LogP contribution in [0.15, 0.2) is 23.2 Å². The molecule has 122 valence electrons. The summed E-state index contributed by atoms with van der Waals surface area (Å²) in [5.41, 5.74) is 2.31. The largest absolute Gasteiger partial charge is 0.488 e. The number of benzene rings is 1. The molecule has 5 heteroatoms. The molecule has 0 N–H and O–H groups in total. The Morgan fingerprint density at radius 1 is 1.27 bits per heavy atom. The number of guanidine groups is 1. The predicted octanol–water partition coefficient (Wildman–Crippen LogP) is 2.14. The Labute approximate surface area is 133 Å². The molecule has 22 heavy (non-hydrogen) atoms. The third kappa shape index (κ3) is 4.37. The third-order valence-corrected chi connectivity index (χ3v) is 3.60. The summed E-state index contributed by atoms with van der Waals surface area (Å²) in [4.78, 5) is 8.74. The summed E-state index contributed by atoms with van der Waals surface area (Å²) >= 11 is 0. The van der Waals surface area contributed by atoms with E-state index < -0.39 is 0 Å². The molecule has 2 rings (SSSR count). The lowest BCUT2D eigenvalue weighted by Crippen LogP contribution is -2.35. The number of nitrogens with zero attached hydrogens (tertiary/aromatic N) is 3. The average Bonchev–Trinajstić information content (AvgIpc) is 2.93. The first-order chi connectivity index (χ1) is 10.5. The van der Waals surface area contributed by atoms with Crippen LogP contribution in [0, 0.1) is 6.92 Å². The molecule has 0 bridgehead atoms. The van der Waals surface area contributed by atoms with E-state index in [-0.39, 0.29) is 6.10 Å². The molecule has 1 aliphatic rings. The fraction of sp³-hybridized carbons (Fsp3) is 0.588. The van der Waals surface area contributed by atoms with E-state index in [0.717, 1.165) is 30.3 Å². The van der Waals surface area contributed by atoms with Crippen LogP contribution in [0.4, 0.5) is 0 Å². The smallest absolute Gasteiger partial charge is 0.195 e. The second-order valence-corrected chi connectivity index (χ2v) is 6.12. The van der Waals surface area contributed by atoms with Crippen molar-refractivity contribution in [3.63, 3.8) is 0 Å². The third-order valence-electron chi connectivity index (χ3n) is 3.60. The minimum atomic E-state index is 0.159. The van der Waals surface area contributed by atoms with Crippen molar-refractivity contribution in [2.24, 2.45) is 4.99 Å². The minimum Gasteiger partial charge on any atom is -0.488 e. The van der Waals surface area contributed by atoms with Crippen LogP contribution < -0.4 is 4.74 Å². The molecule has 0 saturated carbocycles. The molecule has 0 spiro atoms. The lowest BCUT2D eigenvalue weighted by Gasteiger charge is -2.23. The van der Waals surface area contributed by atoms with E-state index in [1.165, 1.54) is 5.56 Å². The Kier molecular flexibility index (Phi) is 5.66. The van der Waals surface area contributed by atoms with Gasteiger partial charge in [0.05, 0.1) is 19.8 Å². The monoisotopic (exact) mass is 305 g/mol. The van der Waals surface area contributed by atoms with Crippen LogP contribution in [0.1, 0.15) is 17.5 Å². The highest BCUT2D eigenvalue weighted by Gasteiger charge is 2.18. The van der Waals surface area contributed by atoms with Gasteiger partial charge in [-0.25, -0.2) is 4.99 Å². The van der Waals surface area contributed by atoms with Crippen LogP contribution in [-0.4, -0.2) is 63.3 Å². The summed E-state index contributed by atoms with van der Waals surface area (Å²) in [6.07, 6.45) is 1.11. The van der Waals surface area contributed by atoms with Gasteiger partial charge in [-0.1, -0.05) is 12.1 Å². The van der Waals surface area contributed by atoms with Crippen molar-refractivity contribution in [2.45, 2.75) is 26.0 Å². The lowest BCUT2D eigenvalue weighted by molar-refractivity contribution is 0.140. The van der Waals surface area contributed by atoms with E-state index in [1.54, 1.807) is 0 Å². The predicted molar refractivity (Wildman–Crippen MR) is 89.5 cm³/mol. The van der Waals surface area contributed by atoms with Crippen LogP contribution in [0.5, 0.6) is 5.75 Å². The van der Waals surface area contributed by atoms with Gasteiger partial charge in [0.15, 0.2) is 5.96 Å². The van der Waals surface area contributed by atoms with Crippen molar-refractivity contribution in [3.05, 3.63) is 29.3 Å². The van der Waals surface area contributed by atoms with Crippen molar-refractivity contribution in [2.75, 3.05) is 41.4 Å². The van der Waals surface area contributed by atoms with Gasteiger partial charge in [0.2, 0.25) is 0 Å². The van der Waals surface area contributed by atoms with Gasteiger partial charge in [0.1, 0.15) is 11.9 Å².